The first-order chi connectivity index (χ1) is 9.61. The Morgan fingerprint density at radius 3 is 2.75 bits per heavy atom. The van der Waals surface area contributed by atoms with Crippen molar-refractivity contribution in [3.8, 4) is 0 Å². The lowest BCUT2D eigenvalue weighted by molar-refractivity contribution is -0.134. The van der Waals surface area contributed by atoms with Crippen LogP contribution in [0.25, 0.3) is 0 Å². The Bertz CT molecular complexity index is 433. The predicted octanol–water partition coefficient (Wildman–Crippen LogP) is 1.46. The third-order valence-electron chi connectivity index (χ3n) is 3.95. The maximum atomic E-state index is 12.1. The number of hydrogen-bond acceptors (Lipinski definition) is 3. The van der Waals surface area contributed by atoms with E-state index < -0.39 is 6.04 Å². The quantitative estimate of drug-likeness (QED) is 0.885. The van der Waals surface area contributed by atoms with Crippen LogP contribution >= 0.6 is 0 Å². The summed E-state index contributed by atoms with van der Waals surface area (Å²) < 4.78 is 0. The van der Waals surface area contributed by atoms with Crippen LogP contribution in [-0.4, -0.2) is 47.4 Å². The first-order valence-corrected chi connectivity index (χ1v) is 7.44. The Morgan fingerprint density at radius 2 is 2.15 bits per heavy atom. The van der Waals surface area contributed by atoms with Crippen molar-refractivity contribution < 1.29 is 4.79 Å². The molecule has 0 aliphatic carbocycles. The van der Waals surface area contributed by atoms with Crippen LogP contribution in [-0.2, 0) is 11.3 Å². The van der Waals surface area contributed by atoms with Crippen LogP contribution in [0.4, 0.5) is 0 Å². The molecule has 110 valence electrons. The van der Waals surface area contributed by atoms with E-state index in [0.29, 0.717) is 6.04 Å². The van der Waals surface area contributed by atoms with Gasteiger partial charge in [0, 0.05) is 32.2 Å². The molecular weight excluding hydrogens is 250 g/mol. The Balaban J connectivity index is 1.92. The van der Waals surface area contributed by atoms with Crippen molar-refractivity contribution in [3.05, 3.63) is 35.9 Å². The molecule has 1 aliphatic heterocycles. The lowest BCUT2D eigenvalue weighted by Crippen LogP contribution is -2.48. The van der Waals surface area contributed by atoms with Gasteiger partial charge in [-0.15, -0.1) is 0 Å². The lowest BCUT2D eigenvalue weighted by atomic mass is 10.2. The molecule has 1 unspecified atom stereocenters. The summed E-state index contributed by atoms with van der Waals surface area (Å²) in [5, 5.41) is 0. The highest BCUT2D eigenvalue weighted by atomic mass is 16.2. The van der Waals surface area contributed by atoms with Crippen LogP contribution in [0.15, 0.2) is 30.3 Å². The van der Waals surface area contributed by atoms with Gasteiger partial charge < -0.3 is 10.6 Å². The molecule has 0 bridgehead atoms. The van der Waals surface area contributed by atoms with Crippen LogP contribution < -0.4 is 5.73 Å². The molecule has 0 saturated carbocycles. The summed E-state index contributed by atoms with van der Waals surface area (Å²) in [5.74, 6) is 0.0686. The maximum absolute atomic E-state index is 12.1. The van der Waals surface area contributed by atoms with E-state index in [0.717, 1.165) is 32.6 Å². The highest BCUT2D eigenvalue weighted by Crippen LogP contribution is 2.18. The SMILES string of the molecule is CCN(C(=O)[C@H](C)N)C1CCN(Cc2ccccc2)C1. The van der Waals surface area contributed by atoms with Crippen LogP contribution in [0.1, 0.15) is 25.8 Å². The number of nitrogens with two attached hydrogens (primary N) is 1. The zero-order chi connectivity index (χ0) is 14.5. The summed E-state index contributed by atoms with van der Waals surface area (Å²) >= 11 is 0. The van der Waals surface area contributed by atoms with Crippen LogP contribution in [0.5, 0.6) is 0 Å². The van der Waals surface area contributed by atoms with Gasteiger partial charge in [0.05, 0.1) is 6.04 Å². The van der Waals surface area contributed by atoms with Crippen molar-refractivity contribution in [1.29, 1.82) is 0 Å². The summed E-state index contributed by atoms with van der Waals surface area (Å²) in [5.41, 5.74) is 7.06. The Labute approximate surface area is 121 Å². The zero-order valence-electron chi connectivity index (χ0n) is 12.5. The normalized spacial score (nSPS) is 20.9. The van der Waals surface area contributed by atoms with E-state index in [2.05, 4.69) is 29.2 Å². The monoisotopic (exact) mass is 275 g/mol. The molecule has 2 atom stereocenters. The van der Waals surface area contributed by atoms with Gasteiger partial charge in [-0.2, -0.15) is 0 Å². The fourth-order valence-corrected chi connectivity index (χ4v) is 2.91. The fourth-order valence-electron chi connectivity index (χ4n) is 2.91. The standard InChI is InChI=1S/C16H25N3O/c1-3-19(16(20)13(2)17)15-9-10-18(12-15)11-14-7-5-4-6-8-14/h4-8,13,15H,3,9-12,17H2,1-2H3/t13-,15?/m0/s1. The second-order valence-corrected chi connectivity index (χ2v) is 5.58. The fraction of sp³-hybridized carbons (Fsp3) is 0.562. The van der Waals surface area contributed by atoms with E-state index in [9.17, 15) is 4.79 Å². The number of hydrogen-bond donors (Lipinski definition) is 1. The predicted molar refractivity (Wildman–Crippen MR) is 81.2 cm³/mol. The van der Waals surface area contributed by atoms with Crippen molar-refractivity contribution in [3.63, 3.8) is 0 Å². The minimum absolute atomic E-state index is 0.0686. The van der Waals surface area contributed by atoms with E-state index in [4.69, 9.17) is 5.73 Å². The minimum atomic E-state index is -0.405. The van der Waals surface area contributed by atoms with Crippen molar-refractivity contribution >= 4 is 5.91 Å². The highest BCUT2D eigenvalue weighted by Gasteiger charge is 2.30. The number of carbonyl (C=O) groups excluding carboxylic acids is 1. The molecule has 1 saturated heterocycles. The molecule has 20 heavy (non-hydrogen) atoms. The average molecular weight is 275 g/mol. The van der Waals surface area contributed by atoms with Gasteiger partial charge in [0.2, 0.25) is 5.91 Å². The molecule has 2 rings (SSSR count). The average Bonchev–Trinajstić information content (AvgIpc) is 2.89. The van der Waals surface area contributed by atoms with Gasteiger partial charge >= 0.3 is 0 Å². The molecule has 1 aromatic rings. The number of rotatable bonds is 5. The molecule has 1 aliphatic rings. The highest BCUT2D eigenvalue weighted by molar-refractivity contribution is 5.81. The largest absolute Gasteiger partial charge is 0.337 e. The summed E-state index contributed by atoms with van der Waals surface area (Å²) in [4.78, 5) is 16.5. The number of amides is 1. The van der Waals surface area contributed by atoms with Gasteiger partial charge in [-0.25, -0.2) is 0 Å². The molecule has 0 spiro atoms. The third kappa shape index (κ3) is 3.58. The van der Waals surface area contributed by atoms with E-state index in [1.54, 1.807) is 6.92 Å². The molecule has 1 aromatic carbocycles. The van der Waals surface area contributed by atoms with Crippen molar-refractivity contribution in [2.24, 2.45) is 5.73 Å². The number of carbonyl (C=O) groups is 1. The summed E-state index contributed by atoms with van der Waals surface area (Å²) in [6, 6.07) is 10.4. The van der Waals surface area contributed by atoms with E-state index >= 15 is 0 Å². The first kappa shape index (κ1) is 15.0. The Hall–Kier alpha value is -1.39. The van der Waals surface area contributed by atoms with Crippen LogP contribution in [0.2, 0.25) is 0 Å². The van der Waals surface area contributed by atoms with Crippen LogP contribution in [0.3, 0.4) is 0 Å². The smallest absolute Gasteiger partial charge is 0.239 e. The topological polar surface area (TPSA) is 49.6 Å². The van der Waals surface area contributed by atoms with Gasteiger partial charge in [-0.05, 0) is 25.8 Å². The second kappa shape index (κ2) is 6.86. The molecular formula is C16H25N3O. The molecule has 4 heteroatoms. The molecule has 1 fully saturated rings. The molecule has 0 radical (unpaired) electrons. The number of benzene rings is 1. The summed E-state index contributed by atoms with van der Waals surface area (Å²) in [6.07, 6.45) is 1.04. The van der Waals surface area contributed by atoms with Crippen molar-refractivity contribution in [1.82, 2.24) is 9.80 Å². The first-order valence-electron chi connectivity index (χ1n) is 7.44. The van der Waals surface area contributed by atoms with Gasteiger partial charge in [-0.3, -0.25) is 9.69 Å². The van der Waals surface area contributed by atoms with Gasteiger partial charge in [0.1, 0.15) is 0 Å². The van der Waals surface area contributed by atoms with Gasteiger partial charge in [-0.1, -0.05) is 30.3 Å². The number of nitrogens with zero attached hydrogens (tertiary/aromatic N) is 2. The van der Waals surface area contributed by atoms with Crippen LogP contribution in [0, 0.1) is 0 Å². The van der Waals surface area contributed by atoms with E-state index in [1.807, 2.05) is 17.9 Å². The second-order valence-electron chi connectivity index (χ2n) is 5.58. The van der Waals surface area contributed by atoms with Crippen molar-refractivity contribution in [2.75, 3.05) is 19.6 Å². The number of likely N-dealkylation sites (tertiary alicyclic amines) is 1. The summed E-state index contributed by atoms with van der Waals surface area (Å²) in [6.45, 7) is 7.48. The Morgan fingerprint density at radius 1 is 1.45 bits per heavy atom. The lowest BCUT2D eigenvalue weighted by Gasteiger charge is -2.29. The molecule has 2 N–H and O–H groups in total. The molecule has 0 aromatic heterocycles. The van der Waals surface area contributed by atoms with E-state index in [1.165, 1.54) is 5.56 Å². The van der Waals surface area contributed by atoms with Crippen molar-refractivity contribution in [2.45, 2.75) is 38.9 Å². The summed E-state index contributed by atoms with van der Waals surface area (Å²) in [7, 11) is 0. The molecule has 4 nitrogen and oxygen atoms in total. The third-order valence-corrected chi connectivity index (χ3v) is 3.95. The minimum Gasteiger partial charge on any atom is -0.337 e. The maximum Gasteiger partial charge on any atom is 0.239 e. The number of likely N-dealkylation sites (N-methyl/N-ethyl adjacent to an activating group) is 1. The van der Waals surface area contributed by atoms with E-state index in [-0.39, 0.29) is 5.91 Å². The molecule has 1 heterocycles. The Kier molecular flexibility index (Phi) is 5.15. The van der Waals surface area contributed by atoms with Gasteiger partial charge in [0.15, 0.2) is 0 Å². The van der Waals surface area contributed by atoms with Gasteiger partial charge in [0.25, 0.3) is 0 Å². The zero-order valence-corrected chi connectivity index (χ0v) is 12.5. The molecule has 1 amide bonds.